The van der Waals surface area contributed by atoms with Crippen molar-refractivity contribution >= 4 is 11.7 Å². The summed E-state index contributed by atoms with van der Waals surface area (Å²) in [4.78, 5) is 12.1. The molecule has 0 radical (unpaired) electrons. The molecule has 1 fully saturated rings. The fourth-order valence-corrected chi connectivity index (χ4v) is 2.86. The van der Waals surface area contributed by atoms with Gasteiger partial charge in [0.25, 0.3) is 0 Å². The van der Waals surface area contributed by atoms with Crippen molar-refractivity contribution in [1.29, 1.82) is 0 Å². The summed E-state index contributed by atoms with van der Waals surface area (Å²) < 4.78 is 0. The summed E-state index contributed by atoms with van der Waals surface area (Å²) in [5.41, 5.74) is 7.06. The number of nitrogens with two attached hydrogens (primary N) is 1. The van der Waals surface area contributed by atoms with E-state index in [1.807, 2.05) is 12.1 Å². The van der Waals surface area contributed by atoms with E-state index in [0.717, 1.165) is 12.0 Å². The maximum atomic E-state index is 12.1. The minimum absolute atomic E-state index is 0.0532. The molecule has 1 saturated carbocycles. The van der Waals surface area contributed by atoms with Crippen molar-refractivity contribution in [2.24, 2.45) is 22.7 Å². The predicted molar refractivity (Wildman–Crippen MR) is 82.1 cm³/mol. The maximum absolute atomic E-state index is 12.1. The van der Waals surface area contributed by atoms with Gasteiger partial charge in [-0.05, 0) is 30.2 Å². The molecule has 0 heterocycles. The molecule has 5 nitrogen and oxygen atoms in total. The smallest absolute Gasteiger partial charge is 0.224 e. The number of hydrogen-bond donors (Lipinski definition) is 3. The monoisotopic (exact) mass is 289 g/mol. The number of hydrogen-bond acceptors (Lipinski definition) is 3. The Bertz CT molecular complexity index is 525. The van der Waals surface area contributed by atoms with E-state index in [4.69, 9.17) is 10.9 Å². The number of carbonyl (C=O) groups is 1. The third-order valence-electron chi connectivity index (χ3n) is 4.53. The number of amides is 1. The highest BCUT2D eigenvalue weighted by molar-refractivity contribution is 5.97. The maximum Gasteiger partial charge on any atom is 0.224 e. The lowest BCUT2D eigenvalue weighted by Gasteiger charge is -2.19. The second-order valence-corrected chi connectivity index (χ2v) is 5.95. The van der Waals surface area contributed by atoms with Crippen molar-refractivity contribution in [2.75, 3.05) is 0 Å². The molecule has 0 bridgehead atoms. The molecule has 114 valence electrons. The standard InChI is InChI=1S/C16H23N3O2/c1-10-3-8-14(11(10)2)18-15(20)9-12-4-6-13(7-5-12)16(17)19-21/h4-7,10-11,14,21H,3,8-9H2,1-2H3,(H2,17,19)(H,18,20). The van der Waals surface area contributed by atoms with Crippen LogP contribution in [0.3, 0.4) is 0 Å². The normalized spacial score (nSPS) is 25.8. The molecule has 1 aliphatic rings. The molecule has 3 unspecified atom stereocenters. The summed E-state index contributed by atoms with van der Waals surface area (Å²) >= 11 is 0. The number of amidine groups is 1. The molecule has 5 heteroatoms. The summed E-state index contributed by atoms with van der Waals surface area (Å²) in [7, 11) is 0. The number of benzene rings is 1. The Morgan fingerprint density at radius 2 is 2.00 bits per heavy atom. The van der Waals surface area contributed by atoms with Crippen LogP contribution < -0.4 is 11.1 Å². The van der Waals surface area contributed by atoms with Crippen LogP contribution in [0.1, 0.15) is 37.8 Å². The molecule has 3 atom stereocenters. The minimum atomic E-state index is 0.0532. The van der Waals surface area contributed by atoms with E-state index in [1.165, 1.54) is 6.42 Å². The number of carbonyl (C=O) groups excluding carboxylic acids is 1. The van der Waals surface area contributed by atoms with Gasteiger partial charge in [-0.25, -0.2) is 0 Å². The molecule has 21 heavy (non-hydrogen) atoms. The van der Waals surface area contributed by atoms with Gasteiger partial charge in [0.1, 0.15) is 0 Å². The fourth-order valence-electron chi connectivity index (χ4n) is 2.86. The van der Waals surface area contributed by atoms with E-state index < -0.39 is 0 Å². The van der Waals surface area contributed by atoms with E-state index in [1.54, 1.807) is 12.1 Å². The number of nitrogens with one attached hydrogen (secondary N) is 1. The van der Waals surface area contributed by atoms with Gasteiger partial charge in [0.2, 0.25) is 5.91 Å². The molecule has 0 aromatic heterocycles. The first-order valence-corrected chi connectivity index (χ1v) is 7.37. The van der Waals surface area contributed by atoms with Gasteiger partial charge in [-0.3, -0.25) is 4.79 Å². The van der Waals surface area contributed by atoms with Crippen molar-refractivity contribution in [3.05, 3.63) is 35.4 Å². The third kappa shape index (κ3) is 3.74. The highest BCUT2D eigenvalue weighted by Crippen LogP contribution is 2.31. The van der Waals surface area contributed by atoms with E-state index in [0.29, 0.717) is 29.9 Å². The van der Waals surface area contributed by atoms with Crippen molar-refractivity contribution in [1.82, 2.24) is 5.32 Å². The van der Waals surface area contributed by atoms with E-state index in [-0.39, 0.29) is 11.7 Å². The molecule has 0 saturated heterocycles. The average molecular weight is 289 g/mol. The Kier molecular flexibility index (Phi) is 4.83. The van der Waals surface area contributed by atoms with E-state index in [9.17, 15) is 4.79 Å². The molecule has 1 aromatic carbocycles. The van der Waals surface area contributed by atoms with Gasteiger partial charge < -0.3 is 16.3 Å². The fraction of sp³-hybridized carbons (Fsp3) is 0.500. The quantitative estimate of drug-likeness (QED) is 0.342. The Balaban J connectivity index is 1.91. The number of rotatable bonds is 4. The summed E-state index contributed by atoms with van der Waals surface area (Å²) in [6.07, 6.45) is 2.60. The zero-order valence-corrected chi connectivity index (χ0v) is 12.5. The van der Waals surface area contributed by atoms with Crippen LogP contribution >= 0.6 is 0 Å². The average Bonchev–Trinajstić information content (AvgIpc) is 2.79. The Labute approximate surface area is 125 Å². The Morgan fingerprint density at radius 1 is 1.33 bits per heavy atom. The van der Waals surface area contributed by atoms with E-state index >= 15 is 0 Å². The second kappa shape index (κ2) is 6.61. The summed E-state index contributed by atoms with van der Waals surface area (Å²) in [6, 6.07) is 7.45. The van der Waals surface area contributed by atoms with Crippen LogP contribution in [0, 0.1) is 11.8 Å². The van der Waals surface area contributed by atoms with Gasteiger partial charge in [-0.2, -0.15) is 0 Å². The lowest BCUT2D eigenvalue weighted by molar-refractivity contribution is -0.121. The van der Waals surface area contributed by atoms with Gasteiger partial charge in [0, 0.05) is 11.6 Å². The lowest BCUT2D eigenvalue weighted by Crippen LogP contribution is -2.38. The highest BCUT2D eigenvalue weighted by atomic mass is 16.4. The van der Waals surface area contributed by atoms with Crippen molar-refractivity contribution < 1.29 is 10.0 Å². The summed E-state index contributed by atoms with van der Waals surface area (Å²) in [5.74, 6) is 1.34. The SMILES string of the molecule is CC1CCC(NC(=O)Cc2ccc(C(N)=NO)cc2)C1C. The van der Waals surface area contributed by atoms with Gasteiger partial charge in [0.15, 0.2) is 5.84 Å². The first-order chi connectivity index (χ1) is 10.0. The minimum Gasteiger partial charge on any atom is -0.409 e. The molecule has 1 aromatic rings. The molecule has 4 N–H and O–H groups in total. The topological polar surface area (TPSA) is 87.7 Å². The molecule has 2 rings (SSSR count). The molecule has 1 amide bonds. The molecule has 1 aliphatic carbocycles. The molecule has 0 aliphatic heterocycles. The first-order valence-electron chi connectivity index (χ1n) is 7.37. The molecular weight excluding hydrogens is 266 g/mol. The van der Waals surface area contributed by atoms with Crippen molar-refractivity contribution in [3.63, 3.8) is 0 Å². The summed E-state index contributed by atoms with van der Waals surface area (Å²) in [5, 5.41) is 14.7. The van der Waals surface area contributed by atoms with Crippen LogP contribution in [0.2, 0.25) is 0 Å². The Hall–Kier alpha value is -2.04. The van der Waals surface area contributed by atoms with Crippen LogP contribution in [0.5, 0.6) is 0 Å². The largest absolute Gasteiger partial charge is 0.409 e. The van der Waals surface area contributed by atoms with Gasteiger partial charge in [0.05, 0.1) is 6.42 Å². The predicted octanol–water partition coefficient (Wildman–Crippen LogP) is 1.87. The van der Waals surface area contributed by atoms with Crippen LogP contribution in [0.4, 0.5) is 0 Å². The van der Waals surface area contributed by atoms with Crippen molar-refractivity contribution in [2.45, 2.75) is 39.2 Å². The Morgan fingerprint density at radius 3 is 2.52 bits per heavy atom. The van der Waals surface area contributed by atoms with E-state index in [2.05, 4.69) is 24.3 Å². The van der Waals surface area contributed by atoms with Gasteiger partial charge in [-0.1, -0.05) is 43.3 Å². The zero-order chi connectivity index (χ0) is 15.4. The first kappa shape index (κ1) is 15.4. The molecular formula is C16H23N3O2. The molecule has 0 spiro atoms. The van der Waals surface area contributed by atoms with Crippen LogP contribution in [-0.2, 0) is 11.2 Å². The second-order valence-electron chi connectivity index (χ2n) is 5.95. The third-order valence-corrected chi connectivity index (χ3v) is 4.53. The number of oxime groups is 1. The zero-order valence-electron chi connectivity index (χ0n) is 12.5. The van der Waals surface area contributed by atoms with Crippen LogP contribution in [-0.4, -0.2) is 23.0 Å². The lowest BCUT2D eigenvalue weighted by atomic mass is 9.97. The number of nitrogens with zero attached hydrogens (tertiary/aromatic N) is 1. The van der Waals surface area contributed by atoms with Gasteiger partial charge in [-0.15, -0.1) is 0 Å². The van der Waals surface area contributed by atoms with Crippen molar-refractivity contribution in [3.8, 4) is 0 Å². The highest BCUT2D eigenvalue weighted by Gasteiger charge is 2.30. The van der Waals surface area contributed by atoms with Gasteiger partial charge >= 0.3 is 0 Å². The van der Waals surface area contributed by atoms with Crippen LogP contribution in [0.25, 0.3) is 0 Å². The summed E-state index contributed by atoms with van der Waals surface area (Å²) in [6.45, 7) is 4.44. The van der Waals surface area contributed by atoms with Crippen LogP contribution in [0.15, 0.2) is 29.4 Å².